The van der Waals surface area contributed by atoms with Crippen LogP contribution in [0.2, 0.25) is 0 Å². The molecule has 8 heteroatoms. The van der Waals surface area contributed by atoms with Crippen LogP contribution in [-0.2, 0) is 7.05 Å². The molecule has 0 bridgehead atoms. The van der Waals surface area contributed by atoms with Crippen molar-refractivity contribution in [3.05, 3.63) is 11.8 Å². The largest absolute Gasteiger partial charge is 0.405 e. The van der Waals surface area contributed by atoms with Gasteiger partial charge in [0.15, 0.2) is 0 Å². The highest BCUT2D eigenvalue weighted by Crippen LogP contribution is 2.20. The molecular weight excluding hydrogens is 258 g/mol. The summed E-state index contributed by atoms with van der Waals surface area (Å²) in [6, 6.07) is 1.97. The molecular formula is C12H19N7O. The van der Waals surface area contributed by atoms with Gasteiger partial charge in [-0.2, -0.15) is 20.1 Å². The third kappa shape index (κ3) is 2.95. The van der Waals surface area contributed by atoms with Gasteiger partial charge in [-0.15, -0.1) is 0 Å². The van der Waals surface area contributed by atoms with E-state index >= 15 is 0 Å². The summed E-state index contributed by atoms with van der Waals surface area (Å²) >= 11 is 0. The van der Waals surface area contributed by atoms with Crippen LogP contribution in [0.1, 0.15) is 19.5 Å². The van der Waals surface area contributed by atoms with Crippen LogP contribution in [0, 0.1) is 6.92 Å². The molecule has 0 amide bonds. The predicted molar refractivity (Wildman–Crippen MR) is 75.8 cm³/mol. The van der Waals surface area contributed by atoms with Crippen molar-refractivity contribution in [2.75, 3.05) is 23.7 Å². The van der Waals surface area contributed by atoms with Gasteiger partial charge in [0.25, 0.3) is 0 Å². The minimum atomic E-state index is 0.135. The maximum atomic E-state index is 5.71. The molecule has 108 valence electrons. The first-order valence-electron chi connectivity index (χ1n) is 6.48. The zero-order valence-corrected chi connectivity index (χ0v) is 12.2. The summed E-state index contributed by atoms with van der Waals surface area (Å²) in [6.07, 6.45) is 0. The lowest BCUT2D eigenvalue weighted by Gasteiger charge is -2.18. The van der Waals surface area contributed by atoms with E-state index < -0.39 is 0 Å². The minimum absolute atomic E-state index is 0.135. The zero-order chi connectivity index (χ0) is 14.7. The van der Waals surface area contributed by atoms with Crippen LogP contribution in [0.25, 0.3) is 0 Å². The molecule has 0 aliphatic rings. The van der Waals surface area contributed by atoms with Crippen LogP contribution in [-0.4, -0.2) is 37.8 Å². The molecule has 8 nitrogen and oxygen atoms in total. The van der Waals surface area contributed by atoms with Crippen LogP contribution >= 0.6 is 0 Å². The third-order valence-electron chi connectivity index (χ3n) is 2.82. The van der Waals surface area contributed by atoms with E-state index in [1.807, 2.05) is 25.7 Å². The van der Waals surface area contributed by atoms with Gasteiger partial charge >= 0.3 is 6.01 Å². The lowest BCUT2D eigenvalue weighted by molar-refractivity contribution is 0.398. The number of hydrogen-bond acceptors (Lipinski definition) is 7. The number of anilines is 2. The van der Waals surface area contributed by atoms with Crippen LogP contribution in [0.3, 0.4) is 0 Å². The maximum absolute atomic E-state index is 5.71. The number of rotatable bonds is 5. The fourth-order valence-corrected chi connectivity index (χ4v) is 1.83. The van der Waals surface area contributed by atoms with Crippen LogP contribution < -0.4 is 15.4 Å². The smallest absolute Gasteiger partial charge is 0.329 e. The van der Waals surface area contributed by atoms with Gasteiger partial charge in [-0.1, -0.05) is 0 Å². The second kappa shape index (κ2) is 5.72. The highest BCUT2D eigenvalue weighted by atomic mass is 16.5. The molecule has 20 heavy (non-hydrogen) atoms. The molecule has 2 N–H and O–H groups in total. The third-order valence-corrected chi connectivity index (χ3v) is 2.82. The monoisotopic (exact) mass is 277 g/mol. The first kappa shape index (κ1) is 14.0. The van der Waals surface area contributed by atoms with E-state index in [-0.39, 0.29) is 12.0 Å². The Bertz CT molecular complexity index is 591. The van der Waals surface area contributed by atoms with Crippen LogP contribution in [0.4, 0.5) is 11.9 Å². The molecule has 2 aromatic rings. The summed E-state index contributed by atoms with van der Waals surface area (Å²) in [7, 11) is 1.79. The minimum Gasteiger partial charge on any atom is -0.405 e. The number of nitrogen functional groups attached to an aromatic ring is 1. The van der Waals surface area contributed by atoms with E-state index in [1.165, 1.54) is 0 Å². The summed E-state index contributed by atoms with van der Waals surface area (Å²) in [5, 5.41) is 4.20. The number of nitrogens with two attached hydrogens (primary N) is 1. The maximum Gasteiger partial charge on any atom is 0.329 e. The number of nitrogens with zero attached hydrogens (tertiary/aromatic N) is 6. The van der Waals surface area contributed by atoms with E-state index in [9.17, 15) is 0 Å². The lowest BCUT2D eigenvalue weighted by Crippen LogP contribution is -2.25. The van der Waals surface area contributed by atoms with Gasteiger partial charge in [-0.3, -0.25) is 0 Å². The van der Waals surface area contributed by atoms with Crippen molar-refractivity contribution < 1.29 is 4.74 Å². The summed E-state index contributed by atoms with van der Waals surface area (Å²) in [4.78, 5) is 14.4. The average molecular weight is 277 g/mol. The molecule has 0 atom stereocenters. The Kier molecular flexibility index (Phi) is 4.02. The van der Waals surface area contributed by atoms with Gasteiger partial charge in [0.2, 0.25) is 17.8 Å². The summed E-state index contributed by atoms with van der Waals surface area (Å²) in [5.41, 5.74) is 6.57. The first-order valence-corrected chi connectivity index (χ1v) is 6.48. The molecule has 0 spiro atoms. The molecule has 0 saturated carbocycles. The molecule has 0 aliphatic heterocycles. The Labute approximate surface area is 117 Å². The number of aryl methyl sites for hydroxylation is 2. The van der Waals surface area contributed by atoms with Crippen molar-refractivity contribution >= 4 is 11.9 Å². The van der Waals surface area contributed by atoms with Crippen molar-refractivity contribution in [1.29, 1.82) is 0 Å². The summed E-state index contributed by atoms with van der Waals surface area (Å²) in [6.45, 7) is 7.49. The molecule has 0 fully saturated rings. The molecule has 2 rings (SSSR count). The summed E-state index contributed by atoms with van der Waals surface area (Å²) in [5.74, 6) is 1.20. The van der Waals surface area contributed by atoms with Gasteiger partial charge in [0, 0.05) is 26.2 Å². The molecule has 2 aromatic heterocycles. The number of ether oxygens (including phenoxy) is 1. The molecule has 0 unspecified atom stereocenters. The van der Waals surface area contributed by atoms with E-state index in [4.69, 9.17) is 10.5 Å². The van der Waals surface area contributed by atoms with Crippen molar-refractivity contribution in [1.82, 2.24) is 24.7 Å². The summed E-state index contributed by atoms with van der Waals surface area (Å²) < 4.78 is 7.24. The fraction of sp³-hybridized carbons (Fsp3) is 0.500. The van der Waals surface area contributed by atoms with E-state index in [1.54, 1.807) is 17.8 Å². The average Bonchev–Trinajstić information content (AvgIpc) is 2.68. The second-order valence-electron chi connectivity index (χ2n) is 4.30. The number of aromatic nitrogens is 5. The highest BCUT2D eigenvalue weighted by molar-refractivity contribution is 5.36. The Morgan fingerprint density at radius 1 is 1.25 bits per heavy atom. The van der Waals surface area contributed by atoms with Crippen LogP contribution in [0.15, 0.2) is 6.07 Å². The Hall–Kier alpha value is -2.38. The normalized spacial score (nSPS) is 10.6. The SMILES string of the molecule is CCN(CC)c1nc(N)nc(Oc2cc(C)nn2C)n1. The first-order chi connectivity index (χ1) is 9.53. The predicted octanol–water partition coefficient (Wildman–Crippen LogP) is 1.13. The molecule has 0 saturated heterocycles. The Morgan fingerprint density at radius 3 is 2.50 bits per heavy atom. The van der Waals surface area contributed by atoms with E-state index in [0.717, 1.165) is 18.8 Å². The second-order valence-corrected chi connectivity index (χ2v) is 4.30. The lowest BCUT2D eigenvalue weighted by atomic mass is 10.5. The fourth-order valence-electron chi connectivity index (χ4n) is 1.83. The van der Waals surface area contributed by atoms with Crippen molar-refractivity contribution in [3.8, 4) is 11.9 Å². The number of hydrogen-bond donors (Lipinski definition) is 1. The quantitative estimate of drug-likeness (QED) is 0.875. The van der Waals surface area contributed by atoms with Crippen molar-refractivity contribution in [2.24, 2.45) is 7.05 Å². The molecule has 0 radical (unpaired) electrons. The Balaban J connectivity index is 2.30. The topological polar surface area (TPSA) is 95.0 Å². The van der Waals surface area contributed by atoms with Gasteiger partial charge < -0.3 is 15.4 Å². The molecule has 0 aliphatic carbocycles. The van der Waals surface area contributed by atoms with Crippen molar-refractivity contribution in [3.63, 3.8) is 0 Å². The van der Waals surface area contributed by atoms with E-state index in [2.05, 4.69) is 20.1 Å². The highest BCUT2D eigenvalue weighted by Gasteiger charge is 2.13. The van der Waals surface area contributed by atoms with Crippen molar-refractivity contribution in [2.45, 2.75) is 20.8 Å². The molecule has 0 aromatic carbocycles. The van der Waals surface area contributed by atoms with E-state index in [0.29, 0.717) is 11.8 Å². The van der Waals surface area contributed by atoms with Gasteiger partial charge in [0.1, 0.15) is 0 Å². The zero-order valence-electron chi connectivity index (χ0n) is 12.2. The van der Waals surface area contributed by atoms with Gasteiger partial charge in [-0.25, -0.2) is 4.68 Å². The van der Waals surface area contributed by atoms with Crippen LogP contribution in [0.5, 0.6) is 11.9 Å². The Morgan fingerprint density at radius 2 is 1.95 bits per heavy atom. The molecule has 2 heterocycles. The van der Waals surface area contributed by atoms with Gasteiger partial charge in [-0.05, 0) is 20.8 Å². The standard InChI is InChI=1S/C12H19N7O/c1-5-19(6-2)11-14-10(13)15-12(16-11)20-9-7-8(3)17-18(9)4/h7H,5-6H2,1-4H3,(H2,13,14,15,16). The van der Waals surface area contributed by atoms with Gasteiger partial charge in [0.05, 0.1) is 5.69 Å².